The molecule has 0 heterocycles. The van der Waals surface area contributed by atoms with Crippen LogP contribution in [0, 0.1) is 27.2 Å². The highest BCUT2D eigenvalue weighted by Gasteiger charge is 2.30. The van der Waals surface area contributed by atoms with Crippen molar-refractivity contribution in [2.45, 2.75) is 11.8 Å². The molecule has 0 aliphatic heterocycles. The molecule has 24 heavy (non-hydrogen) atoms. The largest absolute Gasteiger partial charge is 0.371 e. The third-order valence-corrected chi connectivity index (χ3v) is 4.42. The molecular formula is C13H9ClN2O7S. The Morgan fingerprint density at radius 2 is 1.62 bits per heavy atom. The maximum absolute atomic E-state index is 12.3. The first kappa shape index (κ1) is 17.6. The Kier molecular flexibility index (Phi) is 4.71. The maximum Gasteiger partial charge on any atom is 0.346 e. The molecule has 0 saturated carbocycles. The second kappa shape index (κ2) is 6.42. The van der Waals surface area contributed by atoms with Gasteiger partial charge in [-0.3, -0.25) is 20.2 Å². The lowest BCUT2D eigenvalue weighted by Gasteiger charge is -2.08. The molecule has 9 nitrogen and oxygen atoms in total. The van der Waals surface area contributed by atoms with Crippen molar-refractivity contribution in [1.82, 2.24) is 0 Å². The molecule has 2 rings (SSSR count). The lowest BCUT2D eigenvalue weighted by Crippen LogP contribution is -2.13. The van der Waals surface area contributed by atoms with Gasteiger partial charge in [0.25, 0.3) is 5.69 Å². The predicted octanol–water partition coefficient (Wildman–Crippen LogP) is 3.23. The highest BCUT2D eigenvalue weighted by Crippen LogP contribution is 2.33. The average molecular weight is 373 g/mol. The van der Waals surface area contributed by atoms with Gasteiger partial charge >= 0.3 is 15.8 Å². The van der Waals surface area contributed by atoms with Crippen LogP contribution in [0.2, 0.25) is 5.02 Å². The van der Waals surface area contributed by atoms with Gasteiger partial charge in [-0.05, 0) is 30.7 Å². The first-order valence-electron chi connectivity index (χ1n) is 6.25. The van der Waals surface area contributed by atoms with E-state index < -0.39 is 42.0 Å². The van der Waals surface area contributed by atoms with Crippen LogP contribution in [-0.2, 0) is 10.1 Å². The highest BCUT2D eigenvalue weighted by atomic mass is 35.5. The summed E-state index contributed by atoms with van der Waals surface area (Å²) < 4.78 is 29.4. The number of nitrogens with zero attached hydrogens (tertiary/aromatic N) is 2. The molecule has 0 aliphatic rings. The number of nitro benzene ring substituents is 2. The topological polar surface area (TPSA) is 130 Å². The number of benzene rings is 2. The van der Waals surface area contributed by atoms with Gasteiger partial charge in [0.1, 0.15) is 0 Å². The van der Waals surface area contributed by atoms with E-state index in [-0.39, 0.29) is 5.02 Å². The highest BCUT2D eigenvalue weighted by molar-refractivity contribution is 7.87. The van der Waals surface area contributed by atoms with Gasteiger partial charge in [0.15, 0.2) is 4.90 Å². The van der Waals surface area contributed by atoms with Gasteiger partial charge in [-0.15, -0.1) is 0 Å². The number of aryl methyl sites for hydroxylation is 1. The molecule has 0 aromatic heterocycles. The molecule has 0 radical (unpaired) electrons. The van der Waals surface area contributed by atoms with Crippen LogP contribution < -0.4 is 4.18 Å². The van der Waals surface area contributed by atoms with E-state index in [1.165, 1.54) is 6.07 Å². The quantitative estimate of drug-likeness (QED) is 0.447. The molecule has 126 valence electrons. The summed E-state index contributed by atoms with van der Waals surface area (Å²) in [4.78, 5) is 19.5. The molecule has 11 heteroatoms. The van der Waals surface area contributed by atoms with Crippen LogP contribution in [0.1, 0.15) is 5.56 Å². The predicted molar refractivity (Wildman–Crippen MR) is 83.8 cm³/mol. The summed E-state index contributed by atoms with van der Waals surface area (Å²) in [6.07, 6.45) is 0. The zero-order valence-electron chi connectivity index (χ0n) is 12.0. The molecule has 0 N–H and O–H groups in total. The average Bonchev–Trinajstić information content (AvgIpc) is 2.48. The molecular weight excluding hydrogens is 364 g/mol. The van der Waals surface area contributed by atoms with Crippen molar-refractivity contribution in [1.29, 1.82) is 0 Å². The van der Waals surface area contributed by atoms with Crippen molar-refractivity contribution in [2.24, 2.45) is 0 Å². The maximum atomic E-state index is 12.3. The summed E-state index contributed by atoms with van der Waals surface area (Å²) >= 11 is 5.63. The lowest BCUT2D eigenvalue weighted by atomic mass is 10.2. The normalized spacial score (nSPS) is 11.1. The van der Waals surface area contributed by atoms with Crippen molar-refractivity contribution in [3.8, 4) is 5.75 Å². The van der Waals surface area contributed by atoms with Crippen molar-refractivity contribution < 1.29 is 22.4 Å². The summed E-state index contributed by atoms with van der Waals surface area (Å²) in [6.45, 7) is 1.58. The molecule has 0 saturated heterocycles. The molecule has 2 aromatic carbocycles. The van der Waals surface area contributed by atoms with E-state index in [1.807, 2.05) is 0 Å². The van der Waals surface area contributed by atoms with Gasteiger partial charge in [0.05, 0.1) is 9.85 Å². The van der Waals surface area contributed by atoms with Crippen LogP contribution in [0.3, 0.4) is 0 Å². The number of nitro groups is 2. The zero-order valence-corrected chi connectivity index (χ0v) is 13.6. The van der Waals surface area contributed by atoms with Crippen molar-refractivity contribution >= 4 is 33.1 Å². The van der Waals surface area contributed by atoms with E-state index in [9.17, 15) is 28.6 Å². The molecule has 0 aliphatic carbocycles. The summed E-state index contributed by atoms with van der Waals surface area (Å²) in [6, 6.07) is 6.52. The summed E-state index contributed by atoms with van der Waals surface area (Å²) in [5.41, 5.74) is -0.851. The van der Waals surface area contributed by atoms with Gasteiger partial charge in [-0.1, -0.05) is 17.7 Å². The van der Waals surface area contributed by atoms with Crippen LogP contribution in [-0.4, -0.2) is 18.3 Å². The first-order valence-corrected chi connectivity index (χ1v) is 8.04. The van der Waals surface area contributed by atoms with Crippen LogP contribution >= 0.6 is 11.6 Å². The minimum absolute atomic E-state index is 0.0398. The van der Waals surface area contributed by atoms with E-state index in [2.05, 4.69) is 0 Å². The molecule has 0 amide bonds. The van der Waals surface area contributed by atoms with E-state index in [0.29, 0.717) is 5.56 Å². The van der Waals surface area contributed by atoms with Crippen LogP contribution in [0.15, 0.2) is 41.3 Å². The van der Waals surface area contributed by atoms with E-state index >= 15 is 0 Å². The van der Waals surface area contributed by atoms with Gasteiger partial charge in [0, 0.05) is 17.2 Å². The number of hydrogen-bond acceptors (Lipinski definition) is 7. The minimum Gasteiger partial charge on any atom is -0.371 e. The van der Waals surface area contributed by atoms with E-state index in [1.54, 1.807) is 6.92 Å². The summed E-state index contributed by atoms with van der Waals surface area (Å²) in [5, 5.41) is 22.0. The van der Waals surface area contributed by atoms with Crippen molar-refractivity contribution in [3.63, 3.8) is 0 Å². The summed E-state index contributed by atoms with van der Waals surface area (Å²) in [5.74, 6) is -0.546. The van der Waals surface area contributed by atoms with Crippen LogP contribution in [0.25, 0.3) is 0 Å². The fourth-order valence-corrected chi connectivity index (χ4v) is 3.11. The SMILES string of the molecule is Cc1ccc(OS(=O)(=O)c2ccc(Cl)cc2[N+](=O)[O-])c([N+](=O)[O-])c1. The van der Waals surface area contributed by atoms with Crippen LogP contribution in [0.5, 0.6) is 5.75 Å². The Labute approximate surface area is 140 Å². The van der Waals surface area contributed by atoms with Gasteiger partial charge in [-0.25, -0.2) is 0 Å². The molecule has 0 spiro atoms. The number of rotatable bonds is 5. The van der Waals surface area contributed by atoms with Gasteiger partial charge < -0.3 is 4.18 Å². The molecule has 0 fully saturated rings. The fourth-order valence-electron chi connectivity index (χ4n) is 1.85. The van der Waals surface area contributed by atoms with Crippen molar-refractivity contribution in [2.75, 3.05) is 0 Å². The standard InChI is InChI=1S/C13H9ClN2O7S/c1-8-2-4-12(10(6-8)15(17)18)23-24(21,22)13-5-3-9(14)7-11(13)16(19)20/h2-7H,1H3. The second-order valence-electron chi connectivity index (χ2n) is 4.63. The molecule has 0 atom stereocenters. The zero-order chi connectivity index (χ0) is 18.1. The Balaban J connectivity index is 2.55. The second-order valence-corrected chi connectivity index (χ2v) is 6.59. The third kappa shape index (κ3) is 3.60. The Morgan fingerprint density at radius 3 is 2.21 bits per heavy atom. The molecule has 2 aromatic rings. The van der Waals surface area contributed by atoms with E-state index in [4.69, 9.17) is 15.8 Å². The van der Waals surface area contributed by atoms with Gasteiger partial charge in [-0.2, -0.15) is 8.42 Å². The van der Waals surface area contributed by atoms with E-state index in [0.717, 1.165) is 30.3 Å². The Morgan fingerprint density at radius 1 is 1.00 bits per heavy atom. The Bertz CT molecular complexity index is 943. The minimum atomic E-state index is -4.68. The fraction of sp³-hybridized carbons (Fsp3) is 0.0769. The monoisotopic (exact) mass is 372 g/mol. The first-order chi connectivity index (χ1) is 11.1. The third-order valence-electron chi connectivity index (χ3n) is 2.90. The molecule has 0 bridgehead atoms. The number of halogens is 1. The smallest absolute Gasteiger partial charge is 0.346 e. The number of hydrogen-bond donors (Lipinski definition) is 0. The van der Waals surface area contributed by atoms with Gasteiger partial charge in [0.2, 0.25) is 5.75 Å². The summed E-state index contributed by atoms with van der Waals surface area (Å²) in [7, 11) is -4.68. The Hall–Kier alpha value is -2.72. The lowest BCUT2D eigenvalue weighted by molar-refractivity contribution is -0.388. The van der Waals surface area contributed by atoms with Crippen LogP contribution in [0.4, 0.5) is 11.4 Å². The molecule has 0 unspecified atom stereocenters. The van der Waals surface area contributed by atoms with Crippen molar-refractivity contribution in [3.05, 3.63) is 67.2 Å².